The summed E-state index contributed by atoms with van der Waals surface area (Å²) in [5, 5.41) is 2.97. The Morgan fingerprint density at radius 3 is 2.82 bits per heavy atom. The molecule has 4 nitrogen and oxygen atoms in total. The third kappa shape index (κ3) is 2.40. The van der Waals surface area contributed by atoms with E-state index in [1.807, 2.05) is 12.1 Å². The summed E-state index contributed by atoms with van der Waals surface area (Å²) in [6.45, 7) is 2.18. The quantitative estimate of drug-likeness (QED) is 0.859. The lowest BCUT2D eigenvalue weighted by molar-refractivity contribution is 0.0946. The Kier molecular flexibility index (Phi) is 2.71. The van der Waals surface area contributed by atoms with Crippen molar-refractivity contribution in [2.75, 3.05) is 18.0 Å². The van der Waals surface area contributed by atoms with E-state index in [0.29, 0.717) is 11.7 Å². The number of pyridine rings is 1. The summed E-state index contributed by atoms with van der Waals surface area (Å²) in [5.41, 5.74) is 1.67. The predicted molar refractivity (Wildman–Crippen MR) is 66.2 cm³/mol. The molecule has 2 aliphatic rings. The van der Waals surface area contributed by atoms with Gasteiger partial charge in [0.1, 0.15) is 5.69 Å². The zero-order chi connectivity index (χ0) is 11.7. The summed E-state index contributed by atoms with van der Waals surface area (Å²) in [6, 6.07) is 4.28. The highest BCUT2D eigenvalue weighted by Gasteiger charge is 2.24. The summed E-state index contributed by atoms with van der Waals surface area (Å²) in [6.07, 6.45) is 6.43. The Morgan fingerprint density at radius 2 is 2.12 bits per heavy atom. The van der Waals surface area contributed by atoms with Crippen molar-refractivity contribution in [3.63, 3.8) is 0 Å². The molecule has 1 aliphatic heterocycles. The van der Waals surface area contributed by atoms with Gasteiger partial charge in [0.25, 0.3) is 5.91 Å². The van der Waals surface area contributed by atoms with Crippen LogP contribution in [0, 0.1) is 0 Å². The minimum Gasteiger partial charge on any atom is -0.371 e. The molecule has 0 aromatic carbocycles. The molecule has 1 aromatic rings. The van der Waals surface area contributed by atoms with Gasteiger partial charge in [0.05, 0.1) is 0 Å². The van der Waals surface area contributed by atoms with Gasteiger partial charge in [-0.15, -0.1) is 0 Å². The van der Waals surface area contributed by atoms with Gasteiger partial charge in [-0.05, 0) is 37.8 Å². The fourth-order valence-electron chi connectivity index (χ4n) is 2.20. The van der Waals surface area contributed by atoms with Crippen molar-refractivity contribution in [2.24, 2.45) is 0 Å². The molecular weight excluding hydrogens is 214 g/mol. The largest absolute Gasteiger partial charge is 0.371 e. The van der Waals surface area contributed by atoms with Gasteiger partial charge in [0.15, 0.2) is 0 Å². The van der Waals surface area contributed by atoms with Gasteiger partial charge in [-0.1, -0.05) is 0 Å². The maximum absolute atomic E-state index is 11.9. The number of carbonyl (C=O) groups is 1. The summed E-state index contributed by atoms with van der Waals surface area (Å²) < 4.78 is 0. The minimum atomic E-state index is -0.0338. The molecule has 1 aromatic heterocycles. The highest BCUT2D eigenvalue weighted by molar-refractivity contribution is 5.93. The van der Waals surface area contributed by atoms with E-state index in [9.17, 15) is 4.79 Å². The van der Waals surface area contributed by atoms with Crippen LogP contribution in [0.15, 0.2) is 18.3 Å². The first-order chi connectivity index (χ1) is 8.33. The molecule has 90 valence electrons. The van der Waals surface area contributed by atoms with Crippen molar-refractivity contribution in [1.82, 2.24) is 10.3 Å². The van der Waals surface area contributed by atoms with E-state index in [1.165, 1.54) is 12.8 Å². The lowest BCUT2D eigenvalue weighted by Crippen LogP contribution is -2.27. The van der Waals surface area contributed by atoms with Crippen LogP contribution in [0.5, 0.6) is 0 Å². The summed E-state index contributed by atoms with van der Waals surface area (Å²) in [4.78, 5) is 18.3. The SMILES string of the molecule is O=C(NC1CC1)c1cc(N2CCCC2)ccn1. The second-order valence-corrected chi connectivity index (χ2v) is 4.84. The lowest BCUT2D eigenvalue weighted by atomic mass is 10.3. The topological polar surface area (TPSA) is 45.2 Å². The van der Waals surface area contributed by atoms with Crippen LogP contribution in [0.4, 0.5) is 5.69 Å². The molecule has 1 saturated carbocycles. The summed E-state index contributed by atoms with van der Waals surface area (Å²) >= 11 is 0. The van der Waals surface area contributed by atoms with E-state index >= 15 is 0 Å². The number of carbonyl (C=O) groups excluding carboxylic acids is 1. The highest BCUT2D eigenvalue weighted by atomic mass is 16.2. The molecule has 0 unspecified atom stereocenters. The van der Waals surface area contributed by atoms with E-state index in [4.69, 9.17) is 0 Å². The number of aromatic nitrogens is 1. The fraction of sp³-hybridized carbons (Fsp3) is 0.538. The maximum atomic E-state index is 11.9. The first-order valence-corrected chi connectivity index (χ1v) is 6.35. The minimum absolute atomic E-state index is 0.0338. The van der Waals surface area contributed by atoms with Crippen molar-refractivity contribution in [2.45, 2.75) is 31.7 Å². The Morgan fingerprint density at radius 1 is 1.35 bits per heavy atom. The number of nitrogens with one attached hydrogen (secondary N) is 1. The second-order valence-electron chi connectivity index (χ2n) is 4.84. The van der Waals surface area contributed by atoms with Gasteiger partial charge in [-0.2, -0.15) is 0 Å². The summed E-state index contributed by atoms with van der Waals surface area (Å²) in [5.74, 6) is -0.0338. The van der Waals surface area contributed by atoms with Crippen molar-refractivity contribution in [3.05, 3.63) is 24.0 Å². The first-order valence-electron chi connectivity index (χ1n) is 6.35. The number of hydrogen-bond acceptors (Lipinski definition) is 3. The molecule has 0 spiro atoms. The molecule has 0 bridgehead atoms. The standard InChI is InChI=1S/C13H17N3O/c17-13(15-10-3-4-10)12-9-11(5-6-14-12)16-7-1-2-8-16/h5-6,9-10H,1-4,7-8H2,(H,15,17). The lowest BCUT2D eigenvalue weighted by Gasteiger charge is -2.17. The van der Waals surface area contributed by atoms with E-state index < -0.39 is 0 Å². The second kappa shape index (κ2) is 4.35. The molecule has 2 fully saturated rings. The van der Waals surface area contributed by atoms with Crippen LogP contribution in [0.3, 0.4) is 0 Å². The fourth-order valence-corrected chi connectivity index (χ4v) is 2.20. The van der Waals surface area contributed by atoms with E-state index in [2.05, 4.69) is 15.2 Å². The molecule has 4 heteroatoms. The average molecular weight is 231 g/mol. The van der Waals surface area contributed by atoms with Gasteiger partial charge in [0, 0.05) is 31.0 Å². The summed E-state index contributed by atoms with van der Waals surface area (Å²) in [7, 11) is 0. The molecule has 1 N–H and O–H groups in total. The molecule has 1 aliphatic carbocycles. The van der Waals surface area contributed by atoms with E-state index in [-0.39, 0.29) is 5.91 Å². The van der Waals surface area contributed by atoms with Crippen LogP contribution in [0.2, 0.25) is 0 Å². The van der Waals surface area contributed by atoms with Crippen LogP contribution in [0.1, 0.15) is 36.2 Å². The zero-order valence-corrected chi connectivity index (χ0v) is 9.85. The molecule has 0 radical (unpaired) electrons. The molecule has 1 saturated heterocycles. The Labute approximate surface area is 101 Å². The molecule has 2 heterocycles. The van der Waals surface area contributed by atoms with Crippen LogP contribution in [-0.2, 0) is 0 Å². The number of nitrogens with zero attached hydrogens (tertiary/aromatic N) is 2. The molecule has 3 rings (SSSR count). The number of rotatable bonds is 3. The van der Waals surface area contributed by atoms with Crippen LogP contribution in [0.25, 0.3) is 0 Å². The Bertz CT molecular complexity index is 422. The molecular formula is C13H17N3O. The van der Waals surface area contributed by atoms with Crippen LogP contribution >= 0.6 is 0 Å². The van der Waals surface area contributed by atoms with Crippen molar-refractivity contribution < 1.29 is 4.79 Å². The monoisotopic (exact) mass is 231 g/mol. The average Bonchev–Trinajstić information content (AvgIpc) is 3.00. The van der Waals surface area contributed by atoms with Gasteiger partial charge in [0.2, 0.25) is 0 Å². The number of anilines is 1. The van der Waals surface area contributed by atoms with E-state index in [0.717, 1.165) is 31.6 Å². The molecule has 17 heavy (non-hydrogen) atoms. The molecule has 1 amide bonds. The molecule has 0 atom stereocenters. The van der Waals surface area contributed by atoms with E-state index in [1.54, 1.807) is 6.20 Å². The van der Waals surface area contributed by atoms with Crippen LogP contribution < -0.4 is 10.2 Å². The van der Waals surface area contributed by atoms with Crippen LogP contribution in [-0.4, -0.2) is 30.0 Å². The smallest absolute Gasteiger partial charge is 0.270 e. The van der Waals surface area contributed by atoms with Crippen molar-refractivity contribution in [1.29, 1.82) is 0 Å². The van der Waals surface area contributed by atoms with Gasteiger partial charge in [-0.25, -0.2) is 0 Å². The third-order valence-electron chi connectivity index (χ3n) is 3.36. The van der Waals surface area contributed by atoms with Crippen molar-refractivity contribution >= 4 is 11.6 Å². The number of hydrogen-bond donors (Lipinski definition) is 1. The maximum Gasteiger partial charge on any atom is 0.270 e. The third-order valence-corrected chi connectivity index (χ3v) is 3.36. The van der Waals surface area contributed by atoms with Gasteiger partial charge < -0.3 is 10.2 Å². The zero-order valence-electron chi connectivity index (χ0n) is 9.85. The van der Waals surface area contributed by atoms with Crippen molar-refractivity contribution in [3.8, 4) is 0 Å². The number of amides is 1. The highest BCUT2D eigenvalue weighted by Crippen LogP contribution is 2.22. The van der Waals surface area contributed by atoms with Gasteiger partial charge >= 0.3 is 0 Å². The first kappa shape index (κ1) is 10.6. The predicted octanol–water partition coefficient (Wildman–Crippen LogP) is 1.57. The Balaban J connectivity index is 1.75. The van der Waals surface area contributed by atoms with Gasteiger partial charge in [-0.3, -0.25) is 9.78 Å². The normalized spacial score (nSPS) is 19.4. The Hall–Kier alpha value is -1.58.